The highest BCUT2D eigenvalue weighted by Crippen LogP contribution is 2.38. The molecule has 70 valence electrons. The van der Waals surface area contributed by atoms with Crippen LogP contribution >= 0.6 is 15.9 Å². The van der Waals surface area contributed by atoms with Crippen LogP contribution in [0.3, 0.4) is 0 Å². The van der Waals surface area contributed by atoms with Crippen molar-refractivity contribution in [1.29, 1.82) is 0 Å². The van der Waals surface area contributed by atoms with Crippen molar-refractivity contribution in [3.8, 4) is 0 Å². The third kappa shape index (κ3) is 1.85. The van der Waals surface area contributed by atoms with Gasteiger partial charge in [0.15, 0.2) is 0 Å². The van der Waals surface area contributed by atoms with Gasteiger partial charge in [-0.05, 0) is 51.1 Å². The Balaban J connectivity index is 1.94. The third-order valence-electron chi connectivity index (χ3n) is 3.50. The van der Waals surface area contributed by atoms with Crippen molar-refractivity contribution in [2.45, 2.75) is 30.5 Å². The van der Waals surface area contributed by atoms with Gasteiger partial charge in [-0.25, -0.2) is 0 Å². The summed E-state index contributed by atoms with van der Waals surface area (Å²) in [6, 6.07) is 0. The molecule has 0 aromatic heterocycles. The van der Waals surface area contributed by atoms with Gasteiger partial charge in [0.05, 0.1) is 0 Å². The summed E-state index contributed by atoms with van der Waals surface area (Å²) >= 11 is 3.75. The van der Waals surface area contributed by atoms with Crippen LogP contribution in [0.15, 0.2) is 0 Å². The van der Waals surface area contributed by atoms with Gasteiger partial charge < -0.3 is 4.90 Å². The van der Waals surface area contributed by atoms with Gasteiger partial charge in [-0.2, -0.15) is 0 Å². The second-order valence-corrected chi connectivity index (χ2v) is 5.78. The van der Waals surface area contributed by atoms with Crippen molar-refractivity contribution in [3.63, 3.8) is 0 Å². The lowest BCUT2D eigenvalue weighted by Crippen LogP contribution is -2.41. The fourth-order valence-electron chi connectivity index (χ4n) is 2.74. The Morgan fingerprint density at radius 1 is 1.17 bits per heavy atom. The standard InChI is InChI=1S/C10H18BrN/c1-12-5-4-8-6-10(11)3-2-9(8)7-12/h8-10H,2-7H2,1H3/t8-,9-,10+/m0/s1. The Kier molecular flexibility index (Phi) is 2.75. The number of hydrogen-bond donors (Lipinski definition) is 0. The van der Waals surface area contributed by atoms with E-state index in [-0.39, 0.29) is 0 Å². The summed E-state index contributed by atoms with van der Waals surface area (Å²) < 4.78 is 0. The average molecular weight is 232 g/mol. The summed E-state index contributed by atoms with van der Waals surface area (Å²) in [7, 11) is 2.26. The fourth-order valence-corrected chi connectivity index (χ4v) is 3.49. The van der Waals surface area contributed by atoms with E-state index in [0.29, 0.717) is 0 Å². The lowest BCUT2D eigenvalue weighted by Gasteiger charge is -2.41. The number of alkyl halides is 1. The Bertz CT molecular complexity index is 142. The van der Waals surface area contributed by atoms with E-state index in [1.807, 2.05) is 0 Å². The van der Waals surface area contributed by atoms with Crippen LogP contribution in [0.5, 0.6) is 0 Å². The van der Waals surface area contributed by atoms with Crippen LogP contribution in [0.1, 0.15) is 25.7 Å². The number of hydrogen-bond acceptors (Lipinski definition) is 1. The molecule has 1 saturated carbocycles. The van der Waals surface area contributed by atoms with E-state index < -0.39 is 0 Å². The average Bonchev–Trinajstić information content (AvgIpc) is 2.05. The lowest BCUT2D eigenvalue weighted by atomic mass is 9.75. The van der Waals surface area contributed by atoms with Crippen molar-refractivity contribution < 1.29 is 0 Å². The van der Waals surface area contributed by atoms with Gasteiger partial charge in [-0.3, -0.25) is 0 Å². The summed E-state index contributed by atoms with van der Waals surface area (Å²) in [6.07, 6.45) is 5.71. The second-order valence-electron chi connectivity index (χ2n) is 4.48. The van der Waals surface area contributed by atoms with Crippen molar-refractivity contribution in [1.82, 2.24) is 4.90 Å². The van der Waals surface area contributed by atoms with Gasteiger partial charge in [0, 0.05) is 11.4 Å². The molecule has 0 amide bonds. The van der Waals surface area contributed by atoms with E-state index in [9.17, 15) is 0 Å². The predicted octanol–water partition coefficient (Wildman–Crippen LogP) is 2.50. The zero-order valence-electron chi connectivity index (χ0n) is 7.80. The molecule has 3 atom stereocenters. The Hall–Kier alpha value is 0.440. The van der Waals surface area contributed by atoms with Gasteiger partial charge in [0.2, 0.25) is 0 Å². The number of fused-ring (bicyclic) bond motifs is 1. The van der Waals surface area contributed by atoms with Crippen LogP contribution in [0.4, 0.5) is 0 Å². The quantitative estimate of drug-likeness (QED) is 0.580. The summed E-state index contributed by atoms with van der Waals surface area (Å²) in [5.41, 5.74) is 0. The first-order valence-corrected chi connectivity index (χ1v) is 6.00. The van der Waals surface area contributed by atoms with Crippen LogP contribution in [0, 0.1) is 11.8 Å². The third-order valence-corrected chi connectivity index (χ3v) is 4.34. The van der Waals surface area contributed by atoms with E-state index in [0.717, 1.165) is 16.7 Å². The number of rotatable bonds is 0. The molecule has 1 saturated heterocycles. The Morgan fingerprint density at radius 2 is 2.00 bits per heavy atom. The van der Waals surface area contributed by atoms with Crippen LogP contribution < -0.4 is 0 Å². The summed E-state index contributed by atoms with van der Waals surface area (Å²) in [5.74, 6) is 2.04. The molecule has 2 aliphatic rings. The van der Waals surface area contributed by atoms with Gasteiger partial charge >= 0.3 is 0 Å². The molecule has 0 radical (unpaired) electrons. The van der Waals surface area contributed by atoms with Gasteiger partial charge in [0.25, 0.3) is 0 Å². The van der Waals surface area contributed by atoms with Gasteiger partial charge in [0.1, 0.15) is 0 Å². The molecule has 1 nitrogen and oxygen atoms in total. The first-order valence-electron chi connectivity index (χ1n) is 5.08. The molecule has 2 heteroatoms. The maximum atomic E-state index is 3.75. The normalized spacial score (nSPS) is 44.0. The number of nitrogens with zero attached hydrogens (tertiary/aromatic N) is 1. The highest BCUT2D eigenvalue weighted by molar-refractivity contribution is 9.09. The molecule has 2 rings (SSSR count). The van der Waals surface area contributed by atoms with E-state index >= 15 is 0 Å². The van der Waals surface area contributed by atoms with Crippen LogP contribution in [0.2, 0.25) is 0 Å². The minimum absolute atomic E-state index is 0.821. The molecule has 1 aliphatic heterocycles. The van der Waals surface area contributed by atoms with E-state index in [1.54, 1.807) is 0 Å². The smallest absolute Gasteiger partial charge is 0.0148 e. The molecule has 0 spiro atoms. The van der Waals surface area contributed by atoms with Crippen molar-refractivity contribution >= 4 is 15.9 Å². The number of likely N-dealkylation sites (tertiary alicyclic amines) is 1. The maximum absolute atomic E-state index is 3.75. The number of piperidine rings is 1. The summed E-state index contributed by atoms with van der Waals surface area (Å²) in [4.78, 5) is 3.32. The molecular formula is C10H18BrN. The second kappa shape index (κ2) is 3.67. The molecular weight excluding hydrogens is 214 g/mol. The maximum Gasteiger partial charge on any atom is 0.0148 e. The van der Waals surface area contributed by atoms with Crippen molar-refractivity contribution in [2.75, 3.05) is 20.1 Å². The Labute approximate surface area is 83.6 Å². The van der Waals surface area contributed by atoms with Gasteiger partial charge in [-0.15, -0.1) is 0 Å². The van der Waals surface area contributed by atoms with Crippen LogP contribution in [-0.4, -0.2) is 29.9 Å². The molecule has 0 aromatic rings. The zero-order chi connectivity index (χ0) is 8.55. The zero-order valence-corrected chi connectivity index (χ0v) is 9.39. The van der Waals surface area contributed by atoms with E-state index in [2.05, 4.69) is 27.9 Å². The van der Waals surface area contributed by atoms with Crippen molar-refractivity contribution in [3.05, 3.63) is 0 Å². The molecule has 0 bridgehead atoms. The molecule has 12 heavy (non-hydrogen) atoms. The van der Waals surface area contributed by atoms with E-state index in [1.165, 1.54) is 38.8 Å². The Morgan fingerprint density at radius 3 is 2.83 bits per heavy atom. The van der Waals surface area contributed by atoms with Crippen LogP contribution in [-0.2, 0) is 0 Å². The fraction of sp³-hybridized carbons (Fsp3) is 1.00. The number of halogens is 1. The first kappa shape index (κ1) is 9.01. The lowest BCUT2D eigenvalue weighted by molar-refractivity contribution is 0.108. The molecule has 0 aromatic carbocycles. The van der Waals surface area contributed by atoms with Gasteiger partial charge in [-0.1, -0.05) is 15.9 Å². The first-order chi connectivity index (χ1) is 5.75. The van der Waals surface area contributed by atoms with Crippen molar-refractivity contribution in [2.24, 2.45) is 11.8 Å². The molecule has 1 heterocycles. The largest absolute Gasteiger partial charge is 0.306 e. The molecule has 2 fully saturated rings. The molecule has 1 aliphatic carbocycles. The van der Waals surface area contributed by atoms with Crippen LogP contribution in [0.25, 0.3) is 0 Å². The molecule has 0 N–H and O–H groups in total. The highest BCUT2D eigenvalue weighted by atomic mass is 79.9. The monoisotopic (exact) mass is 231 g/mol. The minimum Gasteiger partial charge on any atom is -0.306 e. The predicted molar refractivity (Wildman–Crippen MR) is 55.7 cm³/mol. The summed E-state index contributed by atoms with van der Waals surface area (Å²) in [5, 5.41) is 0. The summed E-state index contributed by atoms with van der Waals surface area (Å²) in [6.45, 7) is 2.67. The van der Waals surface area contributed by atoms with E-state index in [4.69, 9.17) is 0 Å². The molecule has 0 unspecified atom stereocenters. The minimum atomic E-state index is 0.821. The topological polar surface area (TPSA) is 3.24 Å². The SMILES string of the molecule is CN1CC[C@H]2C[C@H](Br)CC[C@H]2C1. The highest BCUT2D eigenvalue weighted by Gasteiger charge is 2.32.